The first-order chi connectivity index (χ1) is 8.47. The van der Waals surface area contributed by atoms with Gasteiger partial charge in [0.1, 0.15) is 5.75 Å². The topological polar surface area (TPSA) is 66.8 Å². The van der Waals surface area contributed by atoms with Gasteiger partial charge in [-0.25, -0.2) is 0 Å². The van der Waals surface area contributed by atoms with Crippen LogP contribution in [0.1, 0.15) is 25.8 Å². The van der Waals surface area contributed by atoms with E-state index in [-0.39, 0.29) is 6.61 Å². The van der Waals surface area contributed by atoms with Crippen molar-refractivity contribution >= 4 is 5.97 Å². The van der Waals surface area contributed by atoms with Gasteiger partial charge in [-0.15, -0.1) is 0 Å². The van der Waals surface area contributed by atoms with Gasteiger partial charge >= 0.3 is 5.97 Å². The Bertz CT molecular complexity index is 399. The van der Waals surface area contributed by atoms with Gasteiger partial charge in [-0.05, 0) is 38.3 Å². The summed E-state index contributed by atoms with van der Waals surface area (Å²) in [4.78, 5) is 10.9. The maximum atomic E-state index is 10.9. The van der Waals surface area contributed by atoms with Crippen LogP contribution in [-0.4, -0.2) is 29.4 Å². The van der Waals surface area contributed by atoms with E-state index >= 15 is 0 Å². The fourth-order valence-corrected chi connectivity index (χ4v) is 1.49. The number of aliphatic hydroxyl groups excluding tert-OH is 1. The van der Waals surface area contributed by atoms with Gasteiger partial charge in [0.2, 0.25) is 0 Å². The van der Waals surface area contributed by atoms with E-state index < -0.39 is 11.4 Å². The van der Waals surface area contributed by atoms with Crippen LogP contribution >= 0.6 is 0 Å². The first kappa shape index (κ1) is 14.5. The molecule has 4 nitrogen and oxygen atoms in total. The minimum absolute atomic E-state index is 0.0704. The first-order valence-corrected chi connectivity index (χ1v) is 6.02. The van der Waals surface area contributed by atoms with Crippen LogP contribution in [-0.2, 0) is 11.2 Å². The fourth-order valence-electron chi connectivity index (χ4n) is 1.49. The third-order valence-corrected chi connectivity index (χ3v) is 2.92. The molecule has 0 atom stereocenters. The molecule has 0 spiro atoms. The number of hydrogen-bond acceptors (Lipinski definition) is 3. The Morgan fingerprint density at radius 2 is 2.00 bits per heavy atom. The number of para-hydroxylation sites is 1. The molecule has 0 aromatic heterocycles. The lowest BCUT2D eigenvalue weighted by Gasteiger charge is -2.19. The maximum absolute atomic E-state index is 10.9. The van der Waals surface area contributed by atoms with Gasteiger partial charge in [0.05, 0.1) is 12.0 Å². The normalized spacial score (nSPS) is 11.3. The molecule has 2 N–H and O–H groups in total. The molecular weight excluding hydrogens is 232 g/mol. The summed E-state index contributed by atoms with van der Waals surface area (Å²) < 4.78 is 5.60. The van der Waals surface area contributed by atoms with E-state index in [1.807, 2.05) is 24.3 Å². The average Bonchev–Trinajstić information content (AvgIpc) is 2.31. The predicted octanol–water partition coefficient (Wildman–Crippen LogP) is 2.10. The summed E-state index contributed by atoms with van der Waals surface area (Å²) in [6.07, 6.45) is 0.980. The average molecular weight is 252 g/mol. The zero-order valence-electron chi connectivity index (χ0n) is 10.8. The summed E-state index contributed by atoms with van der Waals surface area (Å²) in [5, 5.41) is 17.9. The summed E-state index contributed by atoms with van der Waals surface area (Å²) in [7, 11) is 0. The number of aliphatic carboxylic acids is 1. The van der Waals surface area contributed by atoms with Crippen LogP contribution in [0.15, 0.2) is 24.3 Å². The zero-order chi connectivity index (χ0) is 13.6. The Hall–Kier alpha value is -1.55. The molecule has 0 aliphatic carbocycles. The Labute approximate surface area is 107 Å². The zero-order valence-corrected chi connectivity index (χ0v) is 10.8. The molecule has 0 heterocycles. The lowest BCUT2D eigenvalue weighted by atomic mass is 9.90. The van der Waals surface area contributed by atoms with Crippen molar-refractivity contribution in [3.63, 3.8) is 0 Å². The van der Waals surface area contributed by atoms with E-state index in [2.05, 4.69) is 0 Å². The molecule has 0 saturated heterocycles. The first-order valence-electron chi connectivity index (χ1n) is 6.02. The highest BCUT2D eigenvalue weighted by Crippen LogP contribution is 2.23. The fraction of sp³-hybridized carbons (Fsp3) is 0.500. The van der Waals surface area contributed by atoms with E-state index in [9.17, 15) is 4.79 Å². The molecule has 0 bridgehead atoms. The standard InChI is InChI=1S/C14H20O4/c1-14(2,13(16)17)8-10-18-12-6-4-3-5-11(12)7-9-15/h3-6,15H,7-10H2,1-2H3,(H,16,17). The summed E-state index contributed by atoms with van der Waals surface area (Å²) in [6.45, 7) is 3.78. The van der Waals surface area contributed by atoms with E-state index in [1.54, 1.807) is 13.8 Å². The molecular formula is C14H20O4. The molecule has 0 radical (unpaired) electrons. The quantitative estimate of drug-likeness (QED) is 0.780. The molecule has 1 rings (SSSR count). The van der Waals surface area contributed by atoms with E-state index in [1.165, 1.54) is 0 Å². The van der Waals surface area contributed by atoms with E-state index in [4.69, 9.17) is 14.9 Å². The summed E-state index contributed by atoms with van der Waals surface area (Å²) in [5.74, 6) is -0.109. The molecule has 0 amide bonds. The Morgan fingerprint density at radius 3 is 2.61 bits per heavy atom. The lowest BCUT2D eigenvalue weighted by Crippen LogP contribution is -2.26. The SMILES string of the molecule is CC(C)(CCOc1ccccc1CCO)C(=O)O. The van der Waals surface area contributed by atoms with Crippen molar-refractivity contribution in [2.75, 3.05) is 13.2 Å². The van der Waals surface area contributed by atoms with Crippen molar-refractivity contribution in [1.29, 1.82) is 0 Å². The molecule has 0 aliphatic heterocycles. The van der Waals surface area contributed by atoms with Crippen LogP contribution in [0.5, 0.6) is 5.75 Å². The number of carboxylic acid groups (broad SMARTS) is 1. The van der Waals surface area contributed by atoms with E-state index in [0.29, 0.717) is 25.2 Å². The van der Waals surface area contributed by atoms with E-state index in [0.717, 1.165) is 5.56 Å². The van der Waals surface area contributed by atoms with Crippen LogP contribution in [0.4, 0.5) is 0 Å². The third-order valence-electron chi connectivity index (χ3n) is 2.92. The van der Waals surface area contributed by atoms with Gasteiger partial charge in [0.25, 0.3) is 0 Å². The molecule has 0 saturated carbocycles. The second kappa shape index (κ2) is 6.40. The van der Waals surface area contributed by atoms with Crippen molar-refractivity contribution in [2.45, 2.75) is 26.7 Å². The Kier molecular flexibility index (Phi) is 5.16. The Balaban J connectivity index is 2.56. The summed E-state index contributed by atoms with van der Waals surface area (Å²) in [6, 6.07) is 7.48. The van der Waals surface area contributed by atoms with Gasteiger partial charge in [-0.2, -0.15) is 0 Å². The van der Waals surface area contributed by atoms with Crippen molar-refractivity contribution in [3.05, 3.63) is 29.8 Å². The number of carbonyl (C=O) groups is 1. The van der Waals surface area contributed by atoms with Crippen molar-refractivity contribution in [1.82, 2.24) is 0 Å². The largest absolute Gasteiger partial charge is 0.493 e. The second-order valence-corrected chi connectivity index (χ2v) is 4.87. The number of carboxylic acids is 1. The lowest BCUT2D eigenvalue weighted by molar-refractivity contribution is -0.147. The van der Waals surface area contributed by atoms with Crippen LogP contribution < -0.4 is 4.74 Å². The summed E-state index contributed by atoms with van der Waals surface area (Å²) >= 11 is 0. The molecule has 0 unspecified atom stereocenters. The molecule has 0 aliphatic rings. The van der Waals surface area contributed by atoms with Gasteiger partial charge in [0.15, 0.2) is 0 Å². The highest BCUT2D eigenvalue weighted by Gasteiger charge is 2.26. The van der Waals surface area contributed by atoms with Crippen molar-refractivity contribution in [3.8, 4) is 5.75 Å². The molecule has 18 heavy (non-hydrogen) atoms. The van der Waals surface area contributed by atoms with Gasteiger partial charge in [-0.1, -0.05) is 18.2 Å². The smallest absolute Gasteiger partial charge is 0.309 e. The Morgan fingerprint density at radius 1 is 1.33 bits per heavy atom. The highest BCUT2D eigenvalue weighted by atomic mass is 16.5. The summed E-state index contributed by atoms with van der Waals surface area (Å²) in [5.41, 5.74) is 0.152. The van der Waals surface area contributed by atoms with Crippen molar-refractivity contribution in [2.24, 2.45) is 5.41 Å². The van der Waals surface area contributed by atoms with Gasteiger partial charge < -0.3 is 14.9 Å². The number of aliphatic hydroxyl groups is 1. The molecule has 0 fully saturated rings. The minimum atomic E-state index is -0.824. The van der Waals surface area contributed by atoms with Crippen LogP contribution in [0.2, 0.25) is 0 Å². The van der Waals surface area contributed by atoms with Crippen LogP contribution in [0.3, 0.4) is 0 Å². The van der Waals surface area contributed by atoms with Crippen molar-refractivity contribution < 1.29 is 19.7 Å². The highest BCUT2D eigenvalue weighted by molar-refractivity contribution is 5.73. The van der Waals surface area contributed by atoms with Gasteiger partial charge in [0, 0.05) is 6.61 Å². The number of ether oxygens (including phenoxy) is 1. The second-order valence-electron chi connectivity index (χ2n) is 4.87. The number of benzene rings is 1. The maximum Gasteiger partial charge on any atom is 0.309 e. The minimum Gasteiger partial charge on any atom is -0.493 e. The van der Waals surface area contributed by atoms with Gasteiger partial charge in [-0.3, -0.25) is 4.79 Å². The predicted molar refractivity (Wildman–Crippen MR) is 68.8 cm³/mol. The van der Waals surface area contributed by atoms with Crippen LogP contribution in [0, 0.1) is 5.41 Å². The molecule has 1 aromatic rings. The number of rotatable bonds is 7. The third kappa shape index (κ3) is 4.04. The molecule has 1 aromatic carbocycles. The molecule has 4 heteroatoms. The number of hydrogen-bond donors (Lipinski definition) is 2. The molecule has 100 valence electrons. The monoisotopic (exact) mass is 252 g/mol. The van der Waals surface area contributed by atoms with Crippen LogP contribution in [0.25, 0.3) is 0 Å².